The van der Waals surface area contributed by atoms with E-state index >= 15 is 0 Å². The van der Waals surface area contributed by atoms with Crippen molar-refractivity contribution >= 4 is 27.5 Å². The van der Waals surface area contributed by atoms with E-state index in [4.69, 9.17) is 5.73 Å². The summed E-state index contributed by atoms with van der Waals surface area (Å²) in [5, 5.41) is 3.11. The number of carbonyl (C=O) groups excluding carboxylic acids is 1. The number of rotatable bonds is 2. The van der Waals surface area contributed by atoms with Crippen LogP contribution in [0.2, 0.25) is 0 Å². The fourth-order valence-corrected chi connectivity index (χ4v) is 4.48. The van der Waals surface area contributed by atoms with Crippen molar-refractivity contribution in [3.8, 4) is 0 Å². The molecule has 0 heterocycles. The van der Waals surface area contributed by atoms with E-state index < -0.39 is 0 Å². The zero-order valence-corrected chi connectivity index (χ0v) is 14.0. The third-order valence-corrected chi connectivity index (χ3v) is 5.72. The van der Waals surface area contributed by atoms with Crippen LogP contribution in [0.1, 0.15) is 37.7 Å². The highest BCUT2D eigenvalue weighted by atomic mass is 79.9. The van der Waals surface area contributed by atoms with Crippen LogP contribution in [-0.2, 0) is 4.79 Å². The molecule has 0 saturated heterocycles. The molecule has 4 heteroatoms. The van der Waals surface area contributed by atoms with E-state index in [0.29, 0.717) is 17.9 Å². The van der Waals surface area contributed by atoms with Crippen LogP contribution in [0, 0.1) is 24.7 Å². The number of fused-ring (bicyclic) bond motifs is 2. The number of halogens is 1. The SMILES string of the molecule is Cc1cc(Br)ccc1NC(=O)C1CC2CCCC(C1)C2N. The summed E-state index contributed by atoms with van der Waals surface area (Å²) in [6.07, 6.45) is 5.58. The van der Waals surface area contributed by atoms with Crippen LogP contribution in [-0.4, -0.2) is 11.9 Å². The summed E-state index contributed by atoms with van der Waals surface area (Å²) in [4.78, 5) is 12.6. The average molecular weight is 351 g/mol. The maximum atomic E-state index is 12.6. The van der Waals surface area contributed by atoms with Gasteiger partial charge in [0.15, 0.2) is 0 Å². The molecule has 0 aliphatic heterocycles. The molecular weight excluding hydrogens is 328 g/mol. The molecule has 2 atom stereocenters. The van der Waals surface area contributed by atoms with Crippen LogP contribution in [0.3, 0.4) is 0 Å². The topological polar surface area (TPSA) is 55.1 Å². The van der Waals surface area contributed by atoms with Crippen molar-refractivity contribution in [1.29, 1.82) is 0 Å². The Bertz CT molecular complexity index is 532. The molecule has 2 aliphatic carbocycles. The molecule has 1 amide bonds. The predicted molar refractivity (Wildman–Crippen MR) is 89.0 cm³/mol. The van der Waals surface area contributed by atoms with E-state index in [1.54, 1.807) is 0 Å². The van der Waals surface area contributed by atoms with Crippen molar-refractivity contribution in [1.82, 2.24) is 0 Å². The largest absolute Gasteiger partial charge is 0.327 e. The Kier molecular flexibility index (Phi) is 4.36. The second-order valence-corrected chi connectivity index (χ2v) is 7.56. The fourth-order valence-electron chi connectivity index (χ4n) is 4.01. The van der Waals surface area contributed by atoms with Gasteiger partial charge in [0.1, 0.15) is 0 Å². The van der Waals surface area contributed by atoms with Gasteiger partial charge in [-0.05, 0) is 68.2 Å². The smallest absolute Gasteiger partial charge is 0.227 e. The number of amides is 1. The van der Waals surface area contributed by atoms with Crippen LogP contribution >= 0.6 is 15.9 Å². The molecule has 1 aromatic rings. The second kappa shape index (κ2) is 6.09. The lowest BCUT2D eigenvalue weighted by Gasteiger charge is -2.43. The molecule has 21 heavy (non-hydrogen) atoms. The highest BCUT2D eigenvalue weighted by Gasteiger charge is 2.40. The van der Waals surface area contributed by atoms with Crippen molar-refractivity contribution in [3.05, 3.63) is 28.2 Å². The van der Waals surface area contributed by atoms with Gasteiger partial charge in [-0.25, -0.2) is 0 Å². The van der Waals surface area contributed by atoms with Crippen molar-refractivity contribution in [2.45, 2.75) is 45.1 Å². The minimum absolute atomic E-state index is 0.128. The van der Waals surface area contributed by atoms with Crippen molar-refractivity contribution in [3.63, 3.8) is 0 Å². The summed E-state index contributed by atoms with van der Waals surface area (Å²) in [5.41, 5.74) is 8.31. The van der Waals surface area contributed by atoms with Gasteiger partial charge < -0.3 is 11.1 Å². The minimum Gasteiger partial charge on any atom is -0.327 e. The predicted octanol–water partition coefficient (Wildman–Crippen LogP) is 3.85. The van der Waals surface area contributed by atoms with Crippen molar-refractivity contribution in [2.75, 3.05) is 5.32 Å². The lowest BCUT2D eigenvalue weighted by Crippen LogP contribution is -2.48. The van der Waals surface area contributed by atoms with Gasteiger partial charge in [-0.15, -0.1) is 0 Å². The number of hydrogen-bond acceptors (Lipinski definition) is 2. The molecule has 2 aliphatic rings. The maximum Gasteiger partial charge on any atom is 0.227 e. The lowest BCUT2D eigenvalue weighted by atomic mass is 9.65. The Morgan fingerprint density at radius 3 is 2.57 bits per heavy atom. The monoisotopic (exact) mass is 350 g/mol. The Morgan fingerprint density at radius 2 is 1.95 bits per heavy atom. The summed E-state index contributed by atoms with van der Waals surface area (Å²) in [5.74, 6) is 1.38. The zero-order chi connectivity index (χ0) is 15.0. The maximum absolute atomic E-state index is 12.6. The molecular formula is C17H23BrN2O. The second-order valence-electron chi connectivity index (χ2n) is 6.65. The third kappa shape index (κ3) is 3.16. The first-order chi connectivity index (χ1) is 10.0. The van der Waals surface area contributed by atoms with Crippen LogP contribution in [0.15, 0.2) is 22.7 Å². The van der Waals surface area contributed by atoms with Gasteiger partial charge in [-0.1, -0.05) is 22.4 Å². The van der Waals surface area contributed by atoms with E-state index in [1.807, 2.05) is 25.1 Å². The number of anilines is 1. The van der Waals surface area contributed by atoms with Crippen LogP contribution in [0.25, 0.3) is 0 Å². The number of hydrogen-bond donors (Lipinski definition) is 2. The van der Waals surface area contributed by atoms with Gasteiger partial charge in [0.25, 0.3) is 0 Å². The number of aryl methyl sites for hydroxylation is 1. The average Bonchev–Trinajstić information content (AvgIpc) is 2.41. The van der Waals surface area contributed by atoms with E-state index in [9.17, 15) is 4.79 Å². The van der Waals surface area contributed by atoms with Crippen molar-refractivity contribution in [2.24, 2.45) is 23.5 Å². The van der Waals surface area contributed by atoms with E-state index in [1.165, 1.54) is 19.3 Å². The van der Waals surface area contributed by atoms with Crippen molar-refractivity contribution < 1.29 is 4.79 Å². The van der Waals surface area contributed by atoms with Gasteiger partial charge in [-0.2, -0.15) is 0 Å². The summed E-state index contributed by atoms with van der Waals surface area (Å²) in [6, 6.07) is 6.28. The summed E-state index contributed by atoms with van der Waals surface area (Å²) >= 11 is 3.45. The molecule has 0 spiro atoms. The number of carbonyl (C=O) groups is 1. The molecule has 2 saturated carbocycles. The van der Waals surface area contributed by atoms with Gasteiger partial charge >= 0.3 is 0 Å². The Hall–Kier alpha value is -0.870. The summed E-state index contributed by atoms with van der Waals surface area (Å²) < 4.78 is 1.04. The van der Waals surface area contributed by atoms with E-state index in [0.717, 1.165) is 28.6 Å². The van der Waals surface area contributed by atoms with E-state index in [-0.39, 0.29) is 11.8 Å². The highest BCUT2D eigenvalue weighted by molar-refractivity contribution is 9.10. The van der Waals surface area contributed by atoms with Crippen LogP contribution < -0.4 is 11.1 Å². The number of benzene rings is 1. The Balaban J connectivity index is 1.68. The highest BCUT2D eigenvalue weighted by Crippen LogP contribution is 2.42. The normalized spacial score (nSPS) is 31.8. The minimum atomic E-state index is 0.128. The van der Waals surface area contributed by atoms with Gasteiger partial charge in [0.2, 0.25) is 5.91 Å². The summed E-state index contributed by atoms with van der Waals surface area (Å²) in [6.45, 7) is 2.02. The van der Waals surface area contributed by atoms with Crippen LogP contribution in [0.4, 0.5) is 5.69 Å². The molecule has 2 unspecified atom stereocenters. The molecule has 0 radical (unpaired) electrons. The molecule has 1 aromatic carbocycles. The molecule has 3 rings (SSSR count). The van der Waals surface area contributed by atoms with Crippen LogP contribution in [0.5, 0.6) is 0 Å². The molecule has 114 valence electrons. The van der Waals surface area contributed by atoms with Gasteiger partial charge in [0, 0.05) is 22.1 Å². The van der Waals surface area contributed by atoms with E-state index in [2.05, 4.69) is 21.2 Å². The first-order valence-electron chi connectivity index (χ1n) is 7.87. The third-order valence-electron chi connectivity index (χ3n) is 5.23. The Morgan fingerprint density at radius 1 is 1.29 bits per heavy atom. The Labute approximate surface area is 134 Å². The first kappa shape index (κ1) is 15.0. The number of nitrogens with two attached hydrogens (primary N) is 1. The molecule has 0 aromatic heterocycles. The van der Waals surface area contributed by atoms with Gasteiger partial charge in [0.05, 0.1) is 0 Å². The zero-order valence-electron chi connectivity index (χ0n) is 12.4. The first-order valence-corrected chi connectivity index (χ1v) is 8.66. The standard InChI is InChI=1S/C17H23BrN2O/c1-10-7-14(18)5-6-15(10)20-17(21)13-8-11-3-2-4-12(9-13)16(11)19/h5-7,11-13,16H,2-4,8-9,19H2,1H3,(H,20,21). The molecule has 2 fully saturated rings. The molecule has 2 bridgehead atoms. The quantitative estimate of drug-likeness (QED) is 0.850. The molecule has 3 nitrogen and oxygen atoms in total. The van der Waals surface area contributed by atoms with Gasteiger partial charge in [-0.3, -0.25) is 4.79 Å². The lowest BCUT2D eigenvalue weighted by molar-refractivity contribution is -0.122. The fraction of sp³-hybridized carbons (Fsp3) is 0.588. The summed E-state index contributed by atoms with van der Waals surface area (Å²) in [7, 11) is 0. The number of nitrogens with one attached hydrogen (secondary N) is 1. The molecule has 3 N–H and O–H groups in total.